The van der Waals surface area contributed by atoms with Gasteiger partial charge in [0, 0.05) is 25.0 Å². The molecule has 0 aliphatic carbocycles. The molecule has 4 heterocycles. The second-order valence-electron chi connectivity index (χ2n) is 5.45. The molecule has 120 valence electrons. The highest BCUT2D eigenvalue weighted by molar-refractivity contribution is 7.08. The topological polar surface area (TPSA) is 71.2 Å². The molecule has 0 aliphatic rings. The molecule has 4 rings (SSSR count). The molecule has 0 fully saturated rings. The fraction of sp³-hybridized carbons (Fsp3) is 0.125. The SMILES string of the molecule is CN(C)c1ccc(Nc2ccc3nnc(-c4ccsc4)n3n2)cn1. The molecule has 0 spiro atoms. The molecule has 1 N–H and O–H groups in total. The molecule has 0 unspecified atom stereocenters. The monoisotopic (exact) mass is 337 g/mol. The van der Waals surface area contributed by atoms with Crippen LogP contribution in [0.3, 0.4) is 0 Å². The fourth-order valence-corrected chi connectivity index (χ4v) is 2.93. The Bertz CT molecular complexity index is 958. The third-order valence-electron chi connectivity index (χ3n) is 3.52. The van der Waals surface area contributed by atoms with Crippen LogP contribution in [-0.4, -0.2) is 38.9 Å². The Morgan fingerprint density at radius 1 is 1.08 bits per heavy atom. The van der Waals surface area contributed by atoms with Gasteiger partial charge in [-0.15, -0.1) is 15.3 Å². The second-order valence-corrected chi connectivity index (χ2v) is 6.23. The lowest BCUT2D eigenvalue weighted by Gasteiger charge is -2.11. The van der Waals surface area contributed by atoms with Crippen LogP contribution in [0.2, 0.25) is 0 Å². The molecule has 0 aliphatic heterocycles. The molecule has 7 nitrogen and oxygen atoms in total. The van der Waals surface area contributed by atoms with Crippen LogP contribution in [0.4, 0.5) is 17.3 Å². The van der Waals surface area contributed by atoms with Gasteiger partial charge in [0.25, 0.3) is 0 Å². The van der Waals surface area contributed by atoms with Crippen molar-refractivity contribution in [3.63, 3.8) is 0 Å². The fourth-order valence-electron chi connectivity index (χ4n) is 2.30. The number of pyridine rings is 1. The van der Waals surface area contributed by atoms with Crippen LogP contribution in [0.25, 0.3) is 17.0 Å². The summed E-state index contributed by atoms with van der Waals surface area (Å²) in [4.78, 5) is 6.35. The minimum atomic E-state index is 0.707. The molecule has 24 heavy (non-hydrogen) atoms. The van der Waals surface area contributed by atoms with E-state index in [1.165, 1.54) is 0 Å². The standard InChI is InChI=1S/C16H15N7S/c1-22(2)14-5-3-12(9-17-14)18-13-4-6-15-19-20-16(23(15)21-13)11-7-8-24-10-11/h3-10H,1-2H3,(H,18,21). The number of anilines is 3. The largest absolute Gasteiger partial charge is 0.363 e. The smallest absolute Gasteiger partial charge is 0.186 e. The Morgan fingerprint density at radius 3 is 2.71 bits per heavy atom. The quantitative estimate of drug-likeness (QED) is 0.617. The van der Waals surface area contributed by atoms with E-state index in [1.807, 2.05) is 60.1 Å². The molecule has 0 aromatic carbocycles. The Hall–Kier alpha value is -3.00. The predicted molar refractivity (Wildman–Crippen MR) is 95.9 cm³/mol. The summed E-state index contributed by atoms with van der Waals surface area (Å²) < 4.78 is 1.74. The van der Waals surface area contributed by atoms with E-state index in [2.05, 4.69) is 25.6 Å². The molecule has 0 atom stereocenters. The summed E-state index contributed by atoms with van der Waals surface area (Å²) in [5.74, 6) is 2.34. The average Bonchev–Trinajstić information content (AvgIpc) is 3.24. The summed E-state index contributed by atoms with van der Waals surface area (Å²) in [5.41, 5.74) is 2.59. The summed E-state index contributed by atoms with van der Waals surface area (Å²) in [7, 11) is 3.92. The first-order chi connectivity index (χ1) is 11.7. The van der Waals surface area contributed by atoms with Gasteiger partial charge in [0.05, 0.1) is 11.9 Å². The van der Waals surface area contributed by atoms with E-state index in [0.29, 0.717) is 11.5 Å². The number of hydrogen-bond donors (Lipinski definition) is 1. The van der Waals surface area contributed by atoms with Crippen molar-refractivity contribution in [2.75, 3.05) is 24.3 Å². The first kappa shape index (κ1) is 14.6. The van der Waals surface area contributed by atoms with Crippen LogP contribution in [0.15, 0.2) is 47.3 Å². The number of hydrogen-bond acceptors (Lipinski definition) is 7. The van der Waals surface area contributed by atoms with E-state index in [9.17, 15) is 0 Å². The highest BCUT2D eigenvalue weighted by Gasteiger charge is 2.10. The lowest BCUT2D eigenvalue weighted by molar-refractivity contribution is 0.942. The molecule has 0 saturated heterocycles. The zero-order chi connectivity index (χ0) is 16.5. The summed E-state index contributed by atoms with van der Waals surface area (Å²) in [6, 6.07) is 9.70. The van der Waals surface area contributed by atoms with Crippen LogP contribution < -0.4 is 10.2 Å². The zero-order valence-corrected chi connectivity index (χ0v) is 14.0. The van der Waals surface area contributed by atoms with Crippen LogP contribution >= 0.6 is 11.3 Å². The van der Waals surface area contributed by atoms with Crippen LogP contribution in [-0.2, 0) is 0 Å². The van der Waals surface area contributed by atoms with E-state index in [4.69, 9.17) is 0 Å². The van der Waals surface area contributed by atoms with E-state index in [0.717, 1.165) is 22.9 Å². The summed E-state index contributed by atoms with van der Waals surface area (Å²) in [5, 5.41) is 20.3. The first-order valence-corrected chi connectivity index (χ1v) is 8.30. The third kappa shape index (κ3) is 2.67. The first-order valence-electron chi connectivity index (χ1n) is 7.36. The van der Waals surface area contributed by atoms with Crippen molar-refractivity contribution in [1.29, 1.82) is 0 Å². The Morgan fingerprint density at radius 2 is 2.00 bits per heavy atom. The van der Waals surface area contributed by atoms with Gasteiger partial charge in [0.1, 0.15) is 5.82 Å². The van der Waals surface area contributed by atoms with Crippen molar-refractivity contribution in [2.45, 2.75) is 0 Å². The second kappa shape index (κ2) is 5.89. The van der Waals surface area contributed by atoms with Crippen molar-refractivity contribution in [3.8, 4) is 11.4 Å². The van der Waals surface area contributed by atoms with Gasteiger partial charge in [0.15, 0.2) is 17.3 Å². The van der Waals surface area contributed by atoms with Gasteiger partial charge in [-0.2, -0.15) is 15.9 Å². The van der Waals surface area contributed by atoms with Gasteiger partial charge in [-0.1, -0.05) is 0 Å². The molecule has 0 radical (unpaired) electrons. The van der Waals surface area contributed by atoms with Crippen LogP contribution in [0, 0.1) is 0 Å². The zero-order valence-electron chi connectivity index (χ0n) is 13.2. The molecule has 8 heteroatoms. The van der Waals surface area contributed by atoms with Crippen LogP contribution in [0.5, 0.6) is 0 Å². The number of rotatable bonds is 4. The van der Waals surface area contributed by atoms with Crippen molar-refractivity contribution >= 4 is 34.3 Å². The van der Waals surface area contributed by atoms with Gasteiger partial charge in [-0.25, -0.2) is 4.98 Å². The Balaban J connectivity index is 1.66. The average molecular weight is 337 g/mol. The highest BCUT2D eigenvalue weighted by atomic mass is 32.1. The van der Waals surface area contributed by atoms with Gasteiger partial charge in [-0.05, 0) is 35.7 Å². The molecule has 4 aromatic heterocycles. The summed E-state index contributed by atoms with van der Waals surface area (Å²) in [6.07, 6.45) is 1.78. The Kier molecular flexibility index (Phi) is 3.58. The normalized spacial score (nSPS) is 10.9. The molecular formula is C16H15N7S. The minimum absolute atomic E-state index is 0.707. The van der Waals surface area contributed by atoms with Gasteiger partial charge < -0.3 is 10.2 Å². The van der Waals surface area contributed by atoms with Crippen LogP contribution in [0.1, 0.15) is 0 Å². The number of thiophene rings is 1. The highest BCUT2D eigenvalue weighted by Crippen LogP contribution is 2.22. The maximum Gasteiger partial charge on any atom is 0.186 e. The number of aromatic nitrogens is 5. The number of nitrogens with one attached hydrogen (secondary N) is 1. The van der Waals surface area contributed by atoms with Crippen molar-refractivity contribution in [1.82, 2.24) is 24.8 Å². The molecule has 0 amide bonds. The maximum absolute atomic E-state index is 4.59. The van der Waals surface area contributed by atoms with E-state index < -0.39 is 0 Å². The van der Waals surface area contributed by atoms with Gasteiger partial charge in [-0.3, -0.25) is 0 Å². The van der Waals surface area contributed by atoms with Gasteiger partial charge >= 0.3 is 0 Å². The number of fused-ring (bicyclic) bond motifs is 1. The number of nitrogens with zero attached hydrogens (tertiary/aromatic N) is 6. The van der Waals surface area contributed by atoms with Crippen molar-refractivity contribution in [2.24, 2.45) is 0 Å². The minimum Gasteiger partial charge on any atom is -0.363 e. The molecule has 0 saturated carbocycles. The lowest BCUT2D eigenvalue weighted by Crippen LogP contribution is -2.10. The van der Waals surface area contributed by atoms with E-state index in [1.54, 1.807) is 22.0 Å². The predicted octanol–water partition coefficient (Wildman–Crippen LogP) is 3.06. The Labute approximate surface area is 142 Å². The molecule has 4 aromatic rings. The summed E-state index contributed by atoms with van der Waals surface area (Å²) >= 11 is 1.62. The molecular weight excluding hydrogens is 322 g/mol. The van der Waals surface area contributed by atoms with E-state index >= 15 is 0 Å². The van der Waals surface area contributed by atoms with Crippen molar-refractivity contribution in [3.05, 3.63) is 47.3 Å². The third-order valence-corrected chi connectivity index (χ3v) is 4.20. The maximum atomic E-state index is 4.59. The van der Waals surface area contributed by atoms with Gasteiger partial charge in [0.2, 0.25) is 0 Å². The lowest BCUT2D eigenvalue weighted by atomic mass is 10.3. The molecule has 0 bridgehead atoms. The van der Waals surface area contributed by atoms with Crippen molar-refractivity contribution < 1.29 is 0 Å². The summed E-state index contributed by atoms with van der Waals surface area (Å²) in [6.45, 7) is 0. The van der Waals surface area contributed by atoms with E-state index in [-0.39, 0.29) is 0 Å².